The minimum Gasteiger partial charge on any atom is -0.505 e. The Bertz CT molecular complexity index is 2770. The zero-order valence-electron chi connectivity index (χ0n) is 26.3. The molecule has 0 radical (unpaired) electrons. The number of phenols is 1. The van der Waals surface area contributed by atoms with Crippen LogP contribution in [0.15, 0.2) is 110 Å². The number of para-hydroxylation sites is 1. The number of aromatic hydroxyl groups is 1. The fourth-order valence-corrected chi connectivity index (χ4v) is 7.56. The molecule has 21 heteroatoms. The molecule has 6 rings (SSSR count). The van der Waals surface area contributed by atoms with Crippen molar-refractivity contribution in [3.05, 3.63) is 90.2 Å². The Morgan fingerprint density at radius 2 is 1.46 bits per heavy atom. The van der Waals surface area contributed by atoms with E-state index in [-0.39, 0.29) is 39.0 Å². The summed E-state index contributed by atoms with van der Waals surface area (Å²) in [5, 5.41) is 21.4. The lowest BCUT2D eigenvalue weighted by Crippen LogP contribution is -2.19. The summed E-state index contributed by atoms with van der Waals surface area (Å²) in [6.45, 7) is 2.19. The average molecular weight is 786 g/mol. The molecule has 0 saturated carbocycles. The fraction of sp³-hybridized carbons (Fsp3) is 0.0645. The van der Waals surface area contributed by atoms with Crippen molar-refractivity contribution in [3.8, 4) is 5.75 Å². The molecule has 268 valence electrons. The monoisotopic (exact) mass is 785 g/mol. The van der Waals surface area contributed by atoms with E-state index in [9.17, 15) is 44.0 Å². The number of anilines is 4. The second-order valence-corrected chi connectivity index (χ2v) is 15.3. The van der Waals surface area contributed by atoms with Crippen LogP contribution in [-0.4, -0.2) is 65.5 Å². The summed E-state index contributed by atoms with van der Waals surface area (Å²) in [7, 11) is -15.2. The van der Waals surface area contributed by atoms with Crippen molar-refractivity contribution in [1.82, 2.24) is 15.0 Å². The van der Waals surface area contributed by atoms with Gasteiger partial charge in [-0.2, -0.15) is 40.2 Å². The maximum Gasteiger partial charge on any atom is 0.297 e. The van der Waals surface area contributed by atoms with E-state index >= 15 is 0 Å². The Balaban J connectivity index is 1.58. The van der Waals surface area contributed by atoms with Crippen molar-refractivity contribution in [2.45, 2.75) is 21.6 Å². The first kappa shape index (κ1) is 36.4. The first-order valence-corrected chi connectivity index (χ1v) is 19.4. The molecule has 1 heterocycles. The van der Waals surface area contributed by atoms with Gasteiger partial charge in [0.2, 0.25) is 17.2 Å². The maximum absolute atomic E-state index is 12.6. The van der Waals surface area contributed by atoms with Gasteiger partial charge in [0, 0.05) is 23.0 Å². The van der Waals surface area contributed by atoms with Crippen molar-refractivity contribution in [2.24, 2.45) is 10.2 Å². The third-order valence-electron chi connectivity index (χ3n) is 7.54. The number of fused-ring (bicyclic) bond motifs is 2. The van der Waals surface area contributed by atoms with Crippen LogP contribution in [0.1, 0.15) is 6.92 Å². The molecular formula is C31H24ClN7O10S3. The maximum atomic E-state index is 12.6. The second kappa shape index (κ2) is 13.7. The van der Waals surface area contributed by atoms with Crippen LogP contribution in [0, 0.1) is 0 Å². The summed E-state index contributed by atoms with van der Waals surface area (Å²) in [5.74, 6) is -1.23. The summed E-state index contributed by atoms with van der Waals surface area (Å²) in [5.41, 5.74) is -1.02. The van der Waals surface area contributed by atoms with Crippen LogP contribution in [0.5, 0.6) is 5.75 Å². The third-order valence-corrected chi connectivity index (χ3v) is 10.4. The smallest absolute Gasteiger partial charge is 0.297 e. The van der Waals surface area contributed by atoms with Gasteiger partial charge in [0.15, 0.2) is 5.75 Å². The average Bonchev–Trinajstić information content (AvgIpc) is 3.06. The highest BCUT2D eigenvalue weighted by molar-refractivity contribution is 7.86. The highest BCUT2D eigenvalue weighted by atomic mass is 35.5. The van der Waals surface area contributed by atoms with Gasteiger partial charge in [-0.25, -0.2) is 0 Å². The van der Waals surface area contributed by atoms with Crippen LogP contribution in [0.3, 0.4) is 0 Å². The number of phenolic OH excluding ortho intramolecular Hbond substituents is 1. The highest BCUT2D eigenvalue weighted by Gasteiger charge is 2.27. The molecule has 17 nitrogen and oxygen atoms in total. The number of benzene rings is 5. The number of hydrogen-bond acceptors (Lipinski definition) is 14. The first-order chi connectivity index (χ1) is 24.5. The van der Waals surface area contributed by atoms with Gasteiger partial charge >= 0.3 is 0 Å². The van der Waals surface area contributed by atoms with Gasteiger partial charge in [0.25, 0.3) is 30.4 Å². The molecule has 0 aliphatic rings. The number of aromatic nitrogens is 3. The molecule has 1 aromatic heterocycles. The first-order valence-electron chi connectivity index (χ1n) is 14.7. The van der Waals surface area contributed by atoms with Gasteiger partial charge in [-0.3, -0.25) is 13.7 Å². The number of halogens is 1. The van der Waals surface area contributed by atoms with E-state index in [1.54, 1.807) is 47.4 Å². The Kier molecular flexibility index (Phi) is 9.57. The normalized spacial score (nSPS) is 12.5. The number of azo groups is 1. The van der Waals surface area contributed by atoms with Crippen molar-refractivity contribution in [3.63, 3.8) is 0 Å². The minimum atomic E-state index is -5.26. The summed E-state index contributed by atoms with van der Waals surface area (Å²) in [6.07, 6.45) is 0. The largest absolute Gasteiger partial charge is 0.505 e. The molecule has 6 aromatic rings. The van der Waals surface area contributed by atoms with Gasteiger partial charge in [-0.1, -0.05) is 48.5 Å². The zero-order chi connectivity index (χ0) is 37.6. The van der Waals surface area contributed by atoms with E-state index in [2.05, 4.69) is 30.5 Å². The summed E-state index contributed by atoms with van der Waals surface area (Å²) >= 11 is 6.24. The van der Waals surface area contributed by atoms with Crippen LogP contribution in [0.25, 0.3) is 21.5 Å². The standard InChI is InChI=1S/C31H24ClN7O10S3/c1-2-39(19-9-4-3-5-10-19)31-35-29(32)34-30(36-31)33-23-16-20(50(41,42)43)14-18-15-24(51(44,45)46)26(27(40)25(18)23)38-37-22-13-12-17-8-6-7-11-21(17)28(22)52(47,48)49/h3-16,40H,2H2,1H3,(H,41,42,43)(H,44,45,46)(H,47,48,49)(H,33,34,35,36). The molecule has 0 aliphatic carbocycles. The number of nitrogens with one attached hydrogen (secondary N) is 1. The van der Waals surface area contributed by atoms with Gasteiger partial charge in [-0.15, -0.1) is 10.2 Å². The van der Waals surface area contributed by atoms with Crippen molar-refractivity contribution in [2.75, 3.05) is 16.8 Å². The number of nitrogens with zero attached hydrogens (tertiary/aromatic N) is 6. The van der Waals surface area contributed by atoms with E-state index in [0.717, 1.165) is 18.2 Å². The van der Waals surface area contributed by atoms with E-state index < -0.39 is 62.2 Å². The lowest BCUT2D eigenvalue weighted by atomic mass is 10.1. The third kappa shape index (κ3) is 7.34. The van der Waals surface area contributed by atoms with Crippen molar-refractivity contribution >= 4 is 98.1 Å². The molecule has 0 saturated heterocycles. The fourth-order valence-electron chi connectivity index (χ4n) is 5.37. The molecule has 52 heavy (non-hydrogen) atoms. The van der Waals surface area contributed by atoms with Crippen LogP contribution in [0.4, 0.5) is 34.6 Å². The van der Waals surface area contributed by atoms with Crippen LogP contribution >= 0.6 is 11.6 Å². The lowest BCUT2D eigenvalue weighted by molar-refractivity contribution is 0.472. The molecule has 5 aromatic carbocycles. The van der Waals surface area contributed by atoms with Crippen molar-refractivity contribution in [1.29, 1.82) is 0 Å². The van der Waals surface area contributed by atoms with E-state index in [4.69, 9.17) is 11.6 Å². The summed E-state index contributed by atoms with van der Waals surface area (Å²) in [4.78, 5) is 11.7. The molecular weight excluding hydrogens is 762 g/mol. The molecule has 0 amide bonds. The Hall–Kier alpha value is -5.35. The van der Waals surface area contributed by atoms with Gasteiger partial charge in [0.1, 0.15) is 21.2 Å². The summed E-state index contributed by atoms with van der Waals surface area (Å²) < 4.78 is 105. The quantitative estimate of drug-likeness (QED) is 0.0724. The van der Waals surface area contributed by atoms with Gasteiger partial charge in [0.05, 0.1) is 10.6 Å². The zero-order valence-corrected chi connectivity index (χ0v) is 29.5. The number of rotatable bonds is 10. The Morgan fingerprint density at radius 1 is 0.769 bits per heavy atom. The van der Waals surface area contributed by atoms with Crippen LogP contribution in [-0.2, 0) is 30.4 Å². The second-order valence-electron chi connectivity index (χ2n) is 10.8. The lowest BCUT2D eigenvalue weighted by Gasteiger charge is -2.21. The molecule has 0 unspecified atom stereocenters. The van der Waals surface area contributed by atoms with Gasteiger partial charge in [-0.05, 0) is 65.7 Å². The molecule has 0 bridgehead atoms. The number of hydrogen-bond donors (Lipinski definition) is 5. The molecule has 0 aliphatic heterocycles. The van der Waals surface area contributed by atoms with E-state index in [1.807, 2.05) is 6.92 Å². The minimum absolute atomic E-state index is 0.0488. The van der Waals surface area contributed by atoms with E-state index in [0.29, 0.717) is 17.6 Å². The summed E-state index contributed by atoms with van der Waals surface area (Å²) in [6, 6.07) is 20.1. The molecule has 0 spiro atoms. The topological polar surface area (TPSA) is 262 Å². The molecule has 5 N–H and O–H groups in total. The van der Waals surface area contributed by atoms with Crippen LogP contribution < -0.4 is 10.2 Å². The molecule has 0 atom stereocenters. The molecule has 0 fully saturated rings. The SMILES string of the molecule is CCN(c1ccccc1)c1nc(Cl)nc(Nc2cc(S(=O)(=O)O)cc3cc(S(=O)(=O)O)c(N=Nc4ccc5ccccc5c4S(=O)(=O)O)c(O)c23)n1. The Labute approximate surface area is 300 Å². The predicted molar refractivity (Wildman–Crippen MR) is 190 cm³/mol. The van der Waals surface area contributed by atoms with Crippen molar-refractivity contribution < 1.29 is 44.0 Å². The Morgan fingerprint density at radius 3 is 2.12 bits per heavy atom. The predicted octanol–water partition coefficient (Wildman–Crippen LogP) is 6.59. The van der Waals surface area contributed by atoms with E-state index in [1.165, 1.54) is 24.3 Å². The van der Waals surface area contributed by atoms with Crippen LogP contribution in [0.2, 0.25) is 5.28 Å². The highest BCUT2D eigenvalue weighted by Crippen LogP contribution is 2.46. The van der Waals surface area contributed by atoms with Gasteiger partial charge < -0.3 is 15.3 Å².